The van der Waals surface area contributed by atoms with Gasteiger partial charge in [0.15, 0.2) is 5.82 Å². The topological polar surface area (TPSA) is 101 Å². The van der Waals surface area contributed by atoms with Gasteiger partial charge in [0, 0.05) is 9.13 Å². The van der Waals surface area contributed by atoms with Gasteiger partial charge in [0.25, 0.3) is 5.95 Å². The molecule has 4 N–H and O–H groups in total. The van der Waals surface area contributed by atoms with Crippen LogP contribution in [0.5, 0.6) is 5.75 Å². The number of hydrogen-bond acceptors (Lipinski definition) is 6. The van der Waals surface area contributed by atoms with Gasteiger partial charge in [-0.3, -0.25) is 0 Å². The summed E-state index contributed by atoms with van der Waals surface area (Å²) in [6.45, 7) is 1.73. The van der Waals surface area contributed by atoms with Crippen LogP contribution in [0, 0.1) is 10.5 Å². The fourth-order valence-corrected chi connectivity index (χ4v) is 1.75. The number of phenolic OH excluding ortho intramolecular Hbond substituents is 1. The molecule has 0 saturated carbocycles. The van der Waals surface area contributed by atoms with E-state index in [2.05, 4.69) is 43.3 Å². The van der Waals surface area contributed by atoms with Gasteiger partial charge >= 0.3 is 0 Å². The van der Waals surface area contributed by atoms with Crippen LogP contribution in [0.15, 0.2) is 23.3 Å². The summed E-state index contributed by atoms with van der Waals surface area (Å²) < 4.78 is 2.29. The average Bonchev–Trinajstić information content (AvgIpc) is 2.65. The molecule has 7 nitrogen and oxygen atoms in total. The first kappa shape index (κ1) is 12.6. The number of hydrazone groups is 1. The van der Waals surface area contributed by atoms with E-state index in [9.17, 15) is 5.11 Å². The van der Waals surface area contributed by atoms with E-state index >= 15 is 0 Å². The number of nitrogens with one attached hydrogen (secondary N) is 1. The lowest BCUT2D eigenvalue weighted by Crippen LogP contribution is -2.13. The largest absolute Gasteiger partial charge is 0.507 e. The Morgan fingerprint density at radius 1 is 1.50 bits per heavy atom. The molecule has 2 rings (SSSR count). The second-order valence-electron chi connectivity index (χ2n) is 3.51. The standard InChI is InChI=1S/C10H11IN6O/c1-6-14-16-10(17(6)12)15-13-5-7-4-8(11)2-3-9(7)18/h2-5,18H,12H2,1H3,(H,15,16)/b13-5+. The van der Waals surface area contributed by atoms with E-state index < -0.39 is 0 Å². The number of halogens is 1. The van der Waals surface area contributed by atoms with Crippen molar-refractivity contribution in [3.05, 3.63) is 33.2 Å². The van der Waals surface area contributed by atoms with Crippen LogP contribution >= 0.6 is 22.6 Å². The van der Waals surface area contributed by atoms with Gasteiger partial charge in [-0.05, 0) is 47.7 Å². The van der Waals surface area contributed by atoms with Crippen LogP contribution in [-0.4, -0.2) is 26.2 Å². The number of nitrogens with two attached hydrogens (primary N) is 1. The van der Waals surface area contributed by atoms with Gasteiger partial charge in [-0.2, -0.15) is 5.10 Å². The molecular weight excluding hydrogens is 347 g/mol. The van der Waals surface area contributed by atoms with Crippen molar-refractivity contribution < 1.29 is 5.11 Å². The maximum Gasteiger partial charge on any atom is 0.263 e. The molecule has 0 atom stereocenters. The maximum absolute atomic E-state index is 9.61. The predicted octanol–water partition coefficient (Wildman–Crippen LogP) is 1.06. The van der Waals surface area contributed by atoms with E-state index in [0.717, 1.165) is 3.57 Å². The Hall–Kier alpha value is -1.84. The van der Waals surface area contributed by atoms with Crippen LogP contribution in [0.1, 0.15) is 11.4 Å². The summed E-state index contributed by atoms with van der Waals surface area (Å²) in [6, 6.07) is 5.22. The van der Waals surface area contributed by atoms with Crippen LogP contribution in [-0.2, 0) is 0 Å². The number of aromatic hydroxyl groups is 1. The lowest BCUT2D eigenvalue weighted by atomic mass is 10.2. The van der Waals surface area contributed by atoms with Crippen molar-refractivity contribution in [2.24, 2.45) is 5.10 Å². The van der Waals surface area contributed by atoms with Crippen molar-refractivity contribution in [1.29, 1.82) is 0 Å². The molecule has 0 saturated heterocycles. The van der Waals surface area contributed by atoms with Crippen LogP contribution in [0.2, 0.25) is 0 Å². The molecule has 0 aliphatic heterocycles. The monoisotopic (exact) mass is 358 g/mol. The Bertz CT molecular complexity index is 594. The Kier molecular flexibility index (Phi) is 3.65. The van der Waals surface area contributed by atoms with Gasteiger partial charge in [0.2, 0.25) is 0 Å². The molecule has 0 unspecified atom stereocenters. The molecule has 0 amide bonds. The molecule has 1 aromatic heterocycles. The van der Waals surface area contributed by atoms with Crippen LogP contribution < -0.4 is 11.3 Å². The number of aryl methyl sites for hydroxylation is 1. The van der Waals surface area contributed by atoms with Crippen molar-refractivity contribution >= 4 is 34.8 Å². The molecule has 94 valence electrons. The molecule has 0 radical (unpaired) electrons. The normalized spacial score (nSPS) is 11.0. The molecule has 0 fully saturated rings. The smallest absolute Gasteiger partial charge is 0.263 e. The zero-order valence-corrected chi connectivity index (χ0v) is 11.7. The molecule has 8 heteroatoms. The summed E-state index contributed by atoms with van der Waals surface area (Å²) in [5, 5.41) is 21.1. The van der Waals surface area contributed by atoms with Crippen molar-refractivity contribution in [3.8, 4) is 5.75 Å². The summed E-state index contributed by atoms with van der Waals surface area (Å²) in [7, 11) is 0. The summed E-state index contributed by atoms with van der Waals surface area (Å²) in [5.41, 5.74) is 3.25. The Labute approximate surface area is 117 Å². The first-order chi connectivity index (χ1) is 8.58. The molecule has 0 aliphatic rings. The number of nitrogens with zero attached hydrogens (tertiary/aromatic N) is 4. The van der Waals surface area contributed by atoms with Crippen molar-refractivity contribution in [3.63, 3.8) is 0 Å². The number of rotatable bonds is 3. The highest BCUT2D eigenvalue weighted by Gasteiger charge is 2.03. The second-order valence-corrected chi connectivity index (χ2v) is 4.76. The number of anilines is 1. The molecule has 1 heterocycles. The highest BCUT2D eigenvalue weighted by atomic mass is 127. The summed E-state index contributed by atoms with van der Waals surface area (Å²) in [4.78, 5) is 0. The highest BCUT2D eigenvalue weighted by Crippen LogP contribution is 2.17. The Morgan fingerprint density at radius 2 is 2.28 bits per heavy atom. The maximum atomic E-state index is 9.61. The Balaban J connectivity index is 2.12. The van der Waals surface area contributed by atoms with E-state index in [1.54, 1.807) is 25.1 Å². The van der Waals surface area contributed by atoms with Crippen LogP contribution in [0.4, 0.5) is 5.95 Å². The zero-order chi connectivity index (χ0) is 13.1. The van der Waals surface area contributed by atoms with Crippen LogP contribution in [0.25, 0.3) is 0 Å². The highest BCUT2D eigenvalue weighted by molar-refractivity contribution is 14.1. The Morgan fingerprint density at radius 3 is 2.94 bits per heavy atom. The minimum Gasteiger partial charge on any atom is -0.507 e. The molecule has 1 aromatic carbocycles. The number of benzene rings is 1. The van der Waals surface area contributed by atoms with Gasteiger partial charge in [0.05, 0.1) is 6.21 Å². The van der Waals surface area contributed by atoms with E-state index in [0.29, 0.717) is 17.3 Å². The average molecular weight is 358 g/mol. The van der Waals surface area contributed by atoms with E-state index in [1.165, 1.54) is 10.9 Å². The minimum atomic E-state index is 0.159. The summed E-state index contributed by atoms with van der Waals surface area (Å²) >= 11 is 2.15. The summed E-state index contributed by atoms with van der Waals surface area (Å²) in [6.07, 6.45) is 1.49. The van der Waals surface area contributed by atoms with Gasteiger partial charge in [0.1, 0.15) is 5.75 Å². The van der Waals surface area contributed by atoms with Gasteiger partial charge < -0.3 is 10.9 Å². The predicted molar refractivity (Wildman–Crippen MR) is 76.9 cm³/mol. The number of hydrogen-bond donors (Lipinski definition) is 3. The van der Waals surface area contributed by atoms with Crippen molar-refractivity contribution in [1.82, 2.24) is 14.9 Å². The minimum absolute atomic E-state index is 0.159. The quantitative estimate of drug-likeness (QED) is 0.330. The molecule has 0 spiro atoms. The fourth-order valence-electron chi connectivity index (χ4n) is 1.23. The van der Waals surface area contributed by atoms with Gasteiger partial charge in [-0.25, -0.2) is 10.1 Å². The van der Waals surface area contributed by atoms with E-state index in [-0.39, 0.29) is 5.75 Å². The molecular formula is C10H11IN6O. The number of aromatic nitrogens is 3. The third-order valence-corrected chi connectivity index (χ3v) is 2.90. The van der Waals surface area contributed by atoms with Crippen molar-refractivity contribution in [2.45, 2.75) is 6.92 Å². The molecule has 2 aromatic rings. The lowest BCUT2D eigenvalue weighted by molar-refractivity contribution is 0.474. The second kappa shape index (κ2) is 5.21. The van der Waals surface area contributed by atoms with E-state index in [4.69, 9.17) is 5.84 Å². The third kappa shape index (κ3) is 2.70. The van der Waals surface area contributed by atoms with Gasteiger partial charge in [-0.15, -0.1) is 10.2 Å². The van der Waals surface area contributed by atoms with Crippen LogP contribution in [0.3, 0.4) is 0 Å². The first-order valence-corrected chi connectivity index (χ1v) is 6.10. The van der Waals surface area contributed by atoms with Gasteiger partial charge in [-0.1, -0.05) is 0 Å². The summed E-state index contributed by atoms with van der Waals surface area (Å²) in [5.74, 6) is 6.70. The zero-order valence-electron chi connectivity index (χ0n) is 9.50. The molecule has 0 aliphatic carbocycles. The molecule has 18 heavy (non-hydrogen) atoms. The number of nitrogen functional groups attached to an aromatic ring is 1. The number of phenols is 1. The molecule has 0 bridgehead atoms. The fraction of sp³-hybridized carbons (Fsp3) is 0.100. The van der Waals surface area contributed by atoms with E-state index in [1.807, 2.05) is 0 Å². The SMILES string of the molecule is Cc1nnc(N/N=C/c2cc(I)ccc2O)n1N. The first-order valence-electron chi connectivity index (χ1n) is 5.02. The third-order valence-electron chi connectivity index (χ3n) is 2.22. The lowest BCUT2D eigenvalue weighted by Gasteiger charge is -2.01. The van der Waals surface area contributed by atoms with Crippen molar-refractivity contribution in [2.75, 3.05) is 11.3 Å².